The second-order valence-corrected chi connectivity index (χ2v) is 7.52. The van der Waals surface area contributed by atoms with Crippen LogP contribution in [0.5, 0.6) is 0 Å². The molecule has 1 aliphatic heterocycles. The van der Waals surface area contributed by atoms with Gasteiger partial charge >= 0.3 is 5.97 Å². The number of carbonyl (C=O) groups excluding carboxylic acids is 1. The van der Waals surface area contributed by atoms with Crippen molar-refractivity contribution in [3.8, 4) is 17.4 Å². The number of hydrogen-bond donors (Lipinski definition) is 1. The lowest BCUT2D eigenvalue weighted by molar-refractivity contribution is -0.140. The van der Waals surface area contributed by atoms with Gasteiger partial charge in [0, 0.05) is 17.0 Å². The molecule has 1 N–H and O–H groups in total. The molecule has 1 aliphatic rings. The summed E-state index contributed by atoms with van der Waals surface area (Å²) in [5, 5.41) is 12.9. The number of nitriles is 1. The number of carbonyl (C=O) groups is 1. The van der Waals surface area contributed by atoms with Crippen molar-refractivity contribution >= 4 is 5.97 Å². The van der Waals surface area contributed by atoms with Crippen LogP contribution in [0.15, 0.2) is 93.7 Å². The van der Waals surface area contributed by atoms with Gasteiger partial charge in [-0.1, -0.05) is 30.3 Å². The van der Waals surface area contributed by atoms with Crippen LogP contribution in [0.2, 0.25) is 0 Å². The highest BCUT2D eigenvalue weighted by Gasteiger charge is 2.36. The first kappa shape index (κ1) is 21.1. The normalized spacial score (nSPS) is 15.9. The molecule has 5 nitrogen and oxygen atoms in total. The summed E-state index contributed by atoms with van der Waals surface area (Å²) in [6, 6.07) is 21.0. The lowest BCUT2D eigenvalue weighted by Crippen LogP contribution is -2.28. The van der Waals surface area contributed by atoms with Gasteiger partial charge in [0.1, 0.15) is 23.9 Å². The van der Waals surface area contributed by atoms with Crippen LogP contribution >= 0.6 is 0 Å². The van der Waals surface area contributed by atoms with Gasteiger partial charge in [0.2, 0.25) is 0 Å². The van der Waals surface area contributed by atoms with Crippen LogP contribution in [-0.4, -0.2) is 5.97 Å². The van der Waals surface area contributed by atoms with Crippen molar-refractivity contribution in [2.45, 2.75) is 26.4 Å². The van der Waals surface area contributed by atoms with Gasteiger partial charge in [-0.3, -0.25) is 0 Å². The fraction of sp³-hybridized carbons (Fsp3) is 0.154. The Morgan fingerprint density at radius 2 is 1.78 bits per heavy atom. The molecular weight excluding hydrogens is 407 g/mol. The van der Waals surface area contributed by atoms with Crippen molar-refractivity contribution in [3.63, 3.8) is 0 Å². The van der Waals surface area contributed by atoms with Crippen molar-refractivity contribution in [1.82, 2.24) is 5.32 Å². The van der Waals surface area contributed by atoms with Gasteiger partial charge in [-0.25, -0.2) is 9.18 Å². The summed E-state index contributed by atoms with van der Waals surface area (Å²) in [4.78, 5) is 13.1. The van der Waals surface area contributed by atoms with E-state index in [1.807, 2.05) is 30.3 Å². The van der Waals surface area contributed by atoms with Crippen LogP contribution in [0.4, 0.5) is 4.39 Å². The standard InChI is InChI=1S/C26H21FN2O3/c1-16-21(14-28)25(23-13-12-22(32-23)19-8-10-20(27)11-9-19)24(17(2)29-16)26(30)31-15-18-6-4-3-5-7-18/h3-13,25,29H,15H2,1-2H3. The maximum absolute atomic E-state index is 13.3. The highest BCUT2D eigenvalue weighted by atomic mass is 19.1. The van der Waals surface area contributed by atoms with E-state index < -0.39 is 11.9 Å². The van der Waals surface area contributed by atoms with Gasteiger partial charge in [0.25, 0.3) is 0 Å². The highest BCUT2D eigenvalue weighted by molar-refractivity contribution is 5.92. The van der Waals surface area contributed by atoms with Crippen molar-refractivity contribution < 1.29 is 18.3 Å². The quantitative estimate of drug-likeness (QED) is 0.537. The van der Waals surface area contributed by atoms with Gasteiger partial charge < -0.3 is 14.5 Å². The van der Waals surface area contributed by atoms with E-state index >= 15 is 0 Å². The predicted octanol–water partition coefficient (Wildman–Crippen LogP) is 5.59. The number of dihydropyridines is 1. The van der Waals surface area contributed by atoms with Crippen molar-refractivity contribution in [2.24, 2.45) is 0 Å². The van der Waals surface area contributed by atoms with Crippen molar-refractivity contribution in [1.29, 1.82) is 5.26 Å². The second kappa shape index (κ2) is 8.94. The average molecular weight is 428 g/mol. The second-order valence-electron chi connectivity index (χ2n) is 7.52. The number of allylic oxidation sites excluding steroid dienone is 3. The molecule has 32 heavy (non-hydrogen) atoms. The van der Waals surface area contributed by atoms with E-state index in [-0.39, 0.29) is 12.4 Å². The van der Waals surface area contributed by atoms with Crippen LogP contribution in [-0.2, 0) is 16.1 Å². The Kier molecular flexibility index (Phi) is 5.91. The van der Waals surface area contributed by atoms with Crippen LogP contribution in [0.1, 0.15) is 31.1 Å². The predicted molar refractivity (Wildman–Crippen MR) is 117 cm³/mol. The Labute approximate surface area is 185 Å². The molecule has 0 fully saturated rings. The van der Waals surface area contributed by atoms with E-state index in [2.05, 4.69) is 11.4 Å². The number of nitrogens with zero attached hydrogens (tertiary/aromatic N) is 1. The number of esters is 1. The molecule has 0 aliphatic carbocycles. The summed E-state index contributed by atoms with van der Waals surface area (Å²) in [6.07, 6.45) is 0. The molecule has 160 valence electrons. The number of hydrogen-bond acceptors (Lipinski definition) is 5. The van der Waals surface area contributed by atoms with Crippen LogP contribution < -0.4 is 5.32 Å². The third-order valence-corrected chi connectivity index (χ3v) is 5.35. The van der Waals surface area contributed by atoms with E-state index in [9.17, 15) is 14.4 Å². The smallest absolute Gasteiger partial charge is 0.337 e. The van der Waals surface area contributed by atoms with Crippen molar-refractivity contribution in [3.05, 3.63) is 106 Å². The molecule has 0 radical (unpaired) electrons. The van der Waals surface area contributed by atoms with Crippen LogP contribution in [0.3, 0.4) is 0 Å². The molecule has 2 aromatic carbocycles. The monoisotopic (exact) mass is 428 g/mol. The number of rotatable bonds is 5. The largest absolute Gasteiger partial charge is 0.460 e. The fourth-order valence-corrected chi connectivity index (χ4v) is 3.78. The first-order valence-electron chi connectivity index (χ1n) is 10.1. The molecule has 6 heteroatoms. The van der Waals surface area contributed by atoms with E-state index in [1.165, 1.54) is 12.1 Å². The lowest BCUT2D eigenvalue weighted by Gasteiger charge is -2.27. The summed E-state index contributed by atoms with van der Waals surface area (Å²) in [7, 11) is 0. The molecular formula is C26H21FN2O3. The molecule has 0 saturated heterocycles. The summed E-state index contributed by atoms with van der Waals surface area (Å²) in [5.74, 6) is -0.621. The maximum atomic E-state index is 13.3. The minimum absolute atomic E-state index is 0.118. The average Bonchev–Trinajstić information content (AvgIpc) is 3.28. The van der Waals surface area contributed by atoms with Crippen LogP contribution in [0, 0.1) is 17.1 Å². The Morgan fingerprint density at radius 3 is 2.47 bits per heavy atom. The molecule has 4 rings (SSSR count). The highest BCUT2D eigenvalue weighted by Crippen LogP contribution is 2.40. The Balaban J connectivity index is 1.68. The molecule has 3 aromatic rings. The first-order valence-corrected chi connectivity index (χ1v) is 10.1. The minimum Gasteiger partial charge on any atom is -0.460 e. The zero-order valence-electron chi connectivity index (χ0n) is 17.7. The van der Waals surface area contributed by atoms with Gasteiger partial charge in [-0.15, -0.1) is 0 Å². The SMILES string of the molecule is CC1=C(C#N)C(c2ccc(-c3ccc(F)cc3)o2)C(C(=O)OCc2ccccc2)=C(C)N1. The van der Waals surface area contributed by atoms with Gasteiger partial charge in [0.05, 0.1) is 23.1 Å². The minimum atomic E-state index is -0.710. The number of furan rings is 1. The van der Waals surface area contributed by atoms with E-state index in [0.717, 1.165) is 5.56 Å². The Hall–Kier alpha value is -4.11. The zero-order chi connectivity index (χ0) is 22.7. The summed E-state index contributed by atoms with van der Waals surface area (Å²) in [6.45, 7) is 3.67. The van der Waals surface area contributed by atoms with Crippen LogP contribution in [0.25, 0.3) is 11.3 Å². The van der Waals surface area contributed by atoms with Gasteiger partial charge in [-0.05, 0) is 55.8 Å². The third-order valence-electron chi connectivity index (χ3n) is 5.35. The summed E-state index contributed by atoms with van der Waals surface area (Å²) < 4.78 is 24.9. The van der Waals surface area contributed by atoms with E-state index in [1.54, 1.807) is 38.1 Å². The number of halogens is 1. The molecule has 0 bridgehead atoms. The maximum Gasteiger partial charge on any atom is 0.337 e. The molecule has 0 amide bonds. The molecule has 1 atom stereocenters. The molecule has 1 aromatic heterocycles. The lowest BCUT2D eigenvalue weighted by atomic mass is 9.84. The molecule has 0 saturated carbocycles. The Morgan fingerprint density at radius 1 is 1.06 bits per heavy atom. The van der Waals surface area contributed by atoms with E-state index in [0.29, 0.717) is 39.6 Å². The topological polar surface area (TPSA) is 75.3 Å². The summed E-state index contributed by atoms with van der Waals surface area (Å²) >= 11 is 0. The first-order chi connectivity index (χ1) is 15.5. The van der Waals surface area contributed by atoms with Gasteiger partial charge in [-0.2, -0.15) is 5.26 Å². The van der Waals surface area contributed by atoms with Crippen molar-refractivity contribution in [2.75, 3.05) is 0 Å². The third kappa shape index (κ3) is 4.19. The number of benzene rings is 2. The number of nitrogens with one attached hydrogen (secondary N) is 1. The van der Waals surface area contributed by atoms with E-state index in [4.69, 9.17) is 9.15 Å². The summed E-state index contributed by atoms with van der Waals surface area (Å²) in [5.41, 5.74) is 3.51. The molecule has 0 spiro atoms. The molecule has 2 heterocycles. The van der Waals surface area contributed by atoms with Gasteiger partial charge in [0.15, 0.2) is 0 Å². The molecule has 1 unspecified atom stereocenters. The zero-order valence-corrected chi connectivity index (χ0v) is 17.7. The number of ether oxygens (including phenoxy) is 1. The Bertz CT molecular complexity index is 1250. The fourth-order valence-electron chi connectivity index (χ4n) is 3.78.